The predicted molar refractivity (Wildman–Crippen MR) is 74.6 cm³/mol. The monoisotopic (exact) mass is 312 g/mol. The maximum Gasteiger partial charge on any atom is 0.244 e. The number of amides is 1. The Kier molecular flexibility index (Phi) is 4.74. The van der Waals surface area contributed by atoms with Gasteiger partial charge in [0.05, 0.1) is 6.04 Å². The summed E-state index contributed by atoms with van der Waals surface area (Å²) in [5.41, 5.74) is 0.912. The average molecular weight is 313 g/mol. The molecule has 0 bridgehead atoms. The van der Waals surface area contributed by atoms with Crippen LogP contribution in [0.25, 0.3) is 0 Å². The van der Waals surface area contributed by atoms with Gasteiger partial charge in [-0.05, 0) is 43.7 Å². The summed E-state index contributed by atoms with van der Waals surface area (Å²) in [5.74, 6) is 0.0453. The maximum absolute atomic E-state index is 12.4. The van der Waals surface area contributed by atoms with Crippen LogP contribution in [0.4, 0.5) is 5.69 Å². The molecule has 1 unspecified atom stereocenters. The van der Waals surface area contributed by atoms with Gasteiger partial charge in [-0.2, -0.15) is 0 Å². The van der Waals surface area contributed by atoms with E-state index >= 15 is 0 Å². The topological polar surface area (TPSA) is 52.6 Å². The van der Waals surface area contributed by atoms with Crippen molar-refractivity contribution in [2.75, 3.05) is 24.6 Å². The van der Waals surface area contributed by atoms with Gasteiger partial charge in [0.25, 0.3) is 0 Å². The van der Waals surface area contributed by atoms with Crippen molar-refractivity contribution in [2.24, 2.45) is 0 Å². The van der Waals surface area contributed by atoms with Crippen LogP contribution in [-0.4, -0.2) is 36.8 Å². The number of benzene rings is 1. The summed E-state index contributed by atoms with van der Waals surface area (Å²) >= 11 is 3.39. The van der Waals surface area contributed by atoms with Crippen LogP contribution in [0.15, 0.2) is 28.7 Å². The van der Waals surface area contributed by atoms with Crippen molar-refractivity contribution in [3.8, 4) is 0 Å². The molecule has 5 heteroatoms. The molecule has 1 aliphatic rings. The minimum Gasteiger partial charge on any atom is -0.396 e. The maximum atomic E-state index is 12.4. The highest BCUT2D eigenvalue weighted by Crippen LogP contribution is 2.21. The molecule has 0 aliphatic carbocycles. The Hall–Kier alpha value is -0.910. The van der Waals surface area contributed by atoms with Crippen LogP contribution in [0.1, 0.15) is 12.8 Å². The van der Waals surface area contributed by atoms with Crippen molar-refractivity contribution < 1.29 is 9.90 Å². The van der Waals surface area contributed by atoms with E-state index in [4.69, 9.17) is 5.11 Å². The quantitative estimate of drug-likeness (QED) is 0.890. The molecule has 1 saturated heterocycles. The first-order chi connectivity index (χ1) is 8.72. The molecular formula is C13H17BrN2O2. The smallest absolute Gasteiger partial charge is 0.244 e. The molecule has 2 rings (SSSR count). The summed E-state index contributed by atoms with van der Waals surface area (Å²) in [6.45, 7) is 1.55. The Bertz CT molecular complexity index is 408. The van der Waals surface area contributed by atoms with Crippen LogP contribution < -0.4 is 10.2 Å². The van der Waals surface area contributed by atoms with E-state index < -0.39 is 0 Å². The van der Waals surface area contributed by atoms with E-state index in [1.807, 2.05) is 24.3 Å². The van der Waals surface area contributed by atoms with E-state index in [2.05, 4.69) is 21.2 Å². The lowest BCUT2D eigenvalue weighted by Crippen LogP contribution is -2.44. The third-order valence-electron chi connectivity index (χ3n) is 3.07. The molecule has 4 nitrogen and oxygen atoms in total. The molecule has 1 aromatic rings. The molecule has 18 heavy (non-hydrogen) atoms. The molecule has 2 N–H and O–H groups in total. The second-order valence-corrected chi connectivity index (χ2v) is 5.25. The Labute approximate surface area is 115 Å². The van der Waals surface area contributed by atoms with Crippen LogP contribution in [0.3, 0.4) is 0 Å². The number of aliphatic hydroxyl groups is 1. The highest BCUT2D eigenvalue weighted by Gasteiger charge is 2.26. The van der Waals surface area contributed by atoms with Gasteiger partial charge in [0.2, 0.25) is 5.91 Å². The molecule has 1 atom stereocenters. The highest BCUT2D eigenvalue weighted by atomic mass is 79.9. The Morgan fingerprint density at radius 1 is 1.39 bits per heavy atom. The summed E-state index contributed by atoms with van der Waals surface area (Å²) in [5, 5.41) is 12.2. The Balaban J connectivity index is 2.19. The van der Waals surface area contributed by atoms with E-state index in [-0.39, 0.29) is 18.6 Å². The van der Waals surface area contributed by atoms with Crippen molar-refractivity contribution in [1.29, 1.82) is 0 Å². The number of anilines is 1. The van der Waals surface area contributed by atoms with Crippen molar-refractivity contribution in [3.63, 3.8) is 0 Å². The van der Waals surface area contributed by atoms with Gasteiger partial charge in [0, 0.05) is 23.3 Å². The van der Waals surface area contributed by atoms with Crippen molar-refractivity contribution in [2.45, 2.75) is 18.9 Å². The second-order valence-electron chi connectivity index (χ2n) is 4.34. The number of hydrogen-bond donors (Lipinski definition) is 2. The second kappa shape index (κ2) is 6.31. The number of rotatable bonds is 3. The highest BCUT2D eigenvalue weighted by molar-refractivity contribution is 9.10. The molecule has 1 heterocycles. The third kappa shape index (κ3) is 3.10. The largest absolute Gasteiger partial charge is 0.396 e. The molecule has 0 radical (unpaired) electrons. The normalized spacial score (nSPS) is 20.9. The molecule has 1 aliphatic heterocycles. The summed E-state index contributed by atoms with van der Waals surface area (Å²) in [7, 11) is 0. The number of carbonyl (C=O) groups excluding carboxylic acids is 1. The first kappa shape index (κ1) is 13.5. The molecular weight excluding hydrogens is 296 g/mol. The molecule has 0 aromatic heterocycles. The number of nitrogens with zero attached hydrogens (tertiary/aromatic N) is 1. The minimum absolute atomic E-state index is 0.0254. The third-order valence-corrected chi connectivity index (χ3v) is 3.60. The fourth-order valence-corrected chi connectivity index (χ4v) is 2.40. The molecule has 1 aromatic carbocycles. The molecule has 0 spiro atoms. The van der Waals surface area contributed by atoms with Crippen LogP contribution in [-0.2, 0) is 4.79 Å². The van der Waals surface area contributed by atoms with E-state index in [0.29, 0.717) is 6.42 Å². The number of carbonyl (C=O) groups is 1. The summed E-state index contributed by atoms with van der Waals surface area (Å²) in [6.07, 6.45) is 1.38. The van der Waals surface area contributed by atoms with Crippen molar-refractivity contribution in [3.05, 3.63) is 28.7 Å². The average Bonchev–Trinajstić information content (AvgIpc) is 2.55. The predicted octanol–water partition coefficient (Wildman–Crippen LogP) is 1.53. The van der Waals surface area contributed by atoms with Crippen LogP contribution >= 0.6 is 15.9 Å². The zero-order valence-corrected chi connectivity index (χ0v) is 11.7. The van der Waals surface area contributed by atoms with E-state index in [0.717, 1.165) is 29.7 Å². The van der Waals surface area contributed by atoms with Gasteiger partial charge in [-0.25, -0.2) is 0 Å². The van der Waals surface area contributed by atoms with Gasteiger partial charge in [-0.3, -0.25) is 4.79 Å². The number of aliphatic hydroxyl groups excluding tert-OH is 1. The molecule has 1 amide bonds. The molecule has 1 fully saturated rings. The van der Waals surface area contributed by atoms with Gasteiger partial charge in [0.15, 0.2) is 0 Å². The number of nitrogens with one attached hydrogen (secondary N) is 1. The van der Waals surface area contributed by atoms with Crippen LogP contribution in [0.5, 0.6) is 0 Å². The number of halogens is 1. The zero-order valence-electron chi connectivity index (χ0n) is 10.1. The Morgan fingerprint density at radius 2 is 2.11 bits per heavy atom. The van der Waals surface area contributed by atoms with Gasteiger partial charge in [-0.15, -0.1) is 0 Å². The lowest BCUT2D eigenvalue weighted by atomic mass is 10.2. The van der Waals surface area contributed by atoms with Gasteiger partial charge < -0.3 is 15.3 Å². The fraction of sp³-hybridized carbons (Fsp3) is 0.462. The van der Waals surface area contributed by atoms with E-state index in [1.165, 1.54) is 0 Å². The van der Waals surface area contributed by atoms with Crippen LogP contribution in [0.2, 0.25) is 0 Å². The lowest BCUT2D eigenvalue weighted by molar-refractivity contribution is -0.120. The van der Waals surface area contributed by atoms with Gasteiger partial charge in [-0.1, -0.05) is 15.9 Å². The van der Waals surface area contributed by atoms with Gasteiger partial charge in [0.1, 0.15) is 0 Å². The standard InChI is InChI=1S/C13H17BrN2O2/c14-10-2-4-11(5-3-10)16-8-1-7-15-12(6-9-17)13(16)18/h2-5,12,15,17H,1,6-9H2. The summed E-state index contributed by atoms with van der Waals surface area (Å²) in [4.78, 5) is 14.2. The summed E-state index contributed by atoms with van der Waals surface area (Å²) < 4.78 is 0.999. The molecule has 98 valence electrons. The van der Waals surface area contributed by atoms with Gasteiger partial charge >= 0.3 is 0 Å². The fourth-order valence-electron chi connectivity index (χ4n) is 2.13. The Morgan fingerprint density at radius 3 is 2.78 bits per heavy atom. The zero-order chi connectivity index (χ0) is 13.0. The first-order valence-corrected chi connectivity index (χ1v) is 6.93. The SMILES string of the molecule is O=C1C(CCO)NCCCN1c1ccc(Br)cc1. The van der Waals surface area contributed by atoms with Crippen molar-refractivity contribution in [1.82, 2.24) is 5.32 Å². The minimum atomic E-state index is -0.277. The van der Waals surface area contributed by atoms with E-state index in [1.54, 1.807) is 4.90 Å². The summed E-state index contributed by atoms with van der Waals surface area (Å²) in [6, 6.07) is 7.46. The van der Waals surface area contributed by atoms with Crippen LogP contribution in [0, 0.1) is 0 Å². The van der Waals surface area contributed by atoms with Crippen molar-refractivity contribution >= 4 is 27.5 Å². The lowest BCUT2D eigenvalue weighted by Gasteiger charge is -2.24. The number of hydrogen-bond acceptors (Lipinski definition) is 3. The van der Waals surface area contributed by atoms with E-state index in [9.17, 15) is 4.79 Å². The molecule has 0 saturated carbocycles. The first-order valence-electron chi connectivity index (χ1n) is 6.13.